The van der Waals surface area contributed by atoms with Crippen LogP contribution in [0.4, 0.5) is 0 Å². The molecule has 0 aliphatic carbocycles. The van der Waals surface area contributed by atoms with Gasteiger partial charge in [-0.05, 0) is 12.1 Å². The van der Waals surface area contributed by atoms with Crippen LogP contribution in [0.3, 0.4) is 0 Å². The van der Waals surface area contributed by atoms with E-state index in [9.17, 15) is 0 Å². The fourth-order valence-electron chi connectivity index (χ4n) is 1.23. The highest BCUT2D eigenvalue weighted by Crippen LogP contribution is 1.99. The molecule has 1 rings (SSSR count). The maximum absolute atomic E-state index is 5.73. The second-order valence-corrected chi connectivity index (χ2v) is 3.25. The highest BCUT2D eigenvalue weighted by molar-refractivity contribution is 4.98. The van der Waals surface area contributed by atoms with Crippen molar-refractivity contribution in [2.45, 2.75) is 12.5 Å². The van der Waals surface area contributed by atoms with Gasteiger partial charge in [-0.2, -0.15) is 0 Å². The van der Waals surface area contributed by atoms with Crippen molar-refractivity contribution in [1.82, 2.24) is 5.32 Å². The van der Waals surface area contributed by atoms with Gasteiger partial charge in [0.1, 0.15) is 5.76 Å². The van der Waals surface area contributed by atoms with Crippen LogP contribution in [0.25, 0.3) is 0 Å². The lowest BCUT2D eigenvalue weighted by atomic mass is 10.3. The number of nitrogens with two attached hydrogens (primary N) is 1. The standard InChI is InChI=1S/C10H18N2O2/c1-13-8-9(11)7-12-5-4-10-3-2-6-14-10/h2-3,6,9,12H,4-5,7-8,11H2,1H3. The van der Waals surface area contributed by atoms with Crippen molar-refractivity contribution in [2.75, 3.05) is 26.8 Å². The molecule has 0 amide bonds. The average molecular weight is 198 g/mol. The zero-order chi connectivity index (χ0) is 10.2. The predicted molar refractivity (Wildman–Crippen MR) is 55.1 cm³/mol. The van der Waals surface area contributed by atoms with Gasteiger partial charge in [0.15, 0.2) is 0 Å². The van der Waals surface area contributed by atoms with Crippen LogP contribution in [0.15, 0.2) is 22.8 Å². The minimum Gasteiger partial charge on any atom is -0.469 e. The van der Waals surface area contributed by atoms with E-state index in [2.05, 4.69) is 5.32 Å². The fraction of sp³-hybridized carbons (Fsp3) is 0.600. The Kier molecular flexibility index (Phi) is 5.29. The second kappa shape index (κ2) is 6.59. The van der Waals surface area contributed by atoms with Crippen molar-refractivity contribution in [3.8, 4) is 0 Å². The van der Waals surface area contributed by atoms with E-state index in [1.54, 1.807) is 13.4 Å². The summed E-state index contributed by atoms with van der Waals surface area (Å²) >= 11 is 0. The van der Waals surface area contributed by atoms with Crippen molar-refractivity contribution in [3.05, 3.63) is 24.2 Å². The number of hydrogen-bond acceptors (Lipinski definition) is 4. The predicted octanol–water partition coefficient (Wildman–Crippen LogP) is 0.385. The van der Waals surface area contributed by atoms with Crippen molar-refractivity contribution in [1.29, 1.82) is 0 Å². The first-order valence-electron chi connectivity index (χ1n) is 4.80. The van der Waals surface area contributed by atoms with E-state index < -0.39 is 0 Å². The average Bonchev–Trinajstić information content (AvgIpc) is 2.65. The minimum atomic E-state index is 0.0663. The van der Waals surface area contributed by atoms with Crippen LogP contribution in [0.2, 0.25) is 0 Å². The molecule has 0 saturated heterocycles. The molecule has 4 nitrogen and oxygen atoms in total. The van der Waals surface area contributed by atoms with E-state index in [4.69, 9.17) is 14.9 Å². The zero-order valence-electron chi connectivity index (χ0n) is 8.53. The number of hydrogen-bond donors (Lipinski definition) is 2. The first-order valence-corrected chi connectivity index (χ1v) is 4.80. The molecule has 1 aromatic heterocycles. The van der Waals surface area contributed by atoms with Crippen LogP contribution in [0, 0.1) is 0 Å². The van der Waals surface area contributed by atoms with E-state index in [0.29, 0.717) is 6.61 Å². The molecule has 0 saturated carbocycles. The van der Waals surface area contributed by atoms with E-state index in [0.717, 1.165) is 25.3 Å². The summed E-state index contributed by atoms with van der Waals surface area (Å²) in [6.07, 6.45) is 2.58. The summed E-state index contributed by atoms with van der Waals surface area (Å²) in [6.45, 7) is 2.24. The van der Waals surface area contributed by atoms with Crippen molar-refractivity contribution in [3.63, 3.8) is 0 Å². The monoisotopic (exact) mass is 198 g/mol. The van der Waals surface area contributed by atoms with Crippen molar-refractivity contribution < 1.29 is 9.15 Å². The molecule has 1 heterocycles. The third kappa shape index (κ3) is 4.41. The lowest BCUT2D eigenvalue weighted by Crippen LogP contribution is -2.37. The molecule has 0 bridgehead atoms. The molecule has 3 N–H and O–H groups in total. The molecule has 0 radical (unpaired) electrons. The number of furan rings is 1. The highest BCUT2D eigenvalue weighted by Gasteiger charge is 2.00. The highest BCUT2D eigenvalue weighted by atomic mass is 16.5. The van der Waals surface area contributed by atoms with E-state index in [-0.39, 0.29) is 6.04 Å². The second-order valence-electron chi connectivity index (χ2n) is 3.25. The topological polar surface area (TPSA) is 60.4 Å². The largest absolute Gasteiger partial charge is 0.469 e. The van der Waals surface area contributed by atoms with Crippen LogP contribution in [0.1, 0.15) is 5.76 Å². The molecule has 1 aromatic rings. The molecule has 4 heteroatoms. The summed E-state index contributed by atoms with van der Waals surface area (Å²) in [5.41, 5.74) is 5.73. The minimum absolute atomic E-state index is 0.0663. The Morgan fingerprint density at radius 3 is 3.14 bits per heavy atom. The lowest BCUT2D eigenvalue weighted by Gasteiger charge is -2.10. The quantitative estimate of drug-likeness (QED) is 0.622. The van der Waals surface area contributed by atoms with Crippen LogP contribution in [-0.2, 0) is 11.2 Å². The summed E-state index contributed by atoms with van der Waals surface area (Å²) in [5.74, 6) is 0.998. The molecule has 1 atom stereocenters. The van der Waals surface area contributed by atoms with Gasteiger partial charge in [-0.3, -0.25) is 0 Å². The Morgan fingerprint density at radius 2 is 2.50 bits per heavy atom. The number of nitrogens with one attached hydrogen (secondary N) is 1. The van der Waals surface area contributed by atoms with Crippen LogP contribution in [0.5, 0.6) is 0 Å². The van der Waals surface area contributed by atoms with Crippen LogP contribution >= 0.6 is 0 Å². The summed E-state index contributed by atoms with van der Waals surface area (Å²) in [4.78, 5) is 0. The molecule has 0 spiro atoms. The van der Waals surface area contributed by atoms with E-state index >= 15 is 0 Å². The Balaban J connectivity index is 1.99. The summed E-state index contributed by atoms with van der Waals surface area (Å²) < 4.78 is 10.1. The molecule has 14 heavy (non-hydrogen) atoms. The van der Waals surface area contributed by atoms with Gasteiger partial charge < -0.3 is 20.2 Å². The van der Waals surface area contributed by atoms with Gasteiger partial charge >= 0.3 is 0 Å². The fourth-order valence-corrected chi connectivity index (χ4v) is 1.23. The first-order chi connectivity index (χ1) is 6.83. The SMILES string of the molecule is COCC(N)CNCCc1ccco1. The summed E-state index contributed by atoms with van der Waals surface area (Å²) in [6, 6.07) is 3.93. The molecule has 0 aliphatic rings. The molecule has 1 unspecified atom stereocenters. The smallest absolute Gasteiger partial charge is 0.105 e. The van der Waals surface area contributed by atoms with Gasteiger partial charge in [0.2, 0.25) is 0 Å². The Morgan fingerprint density at radius 1 is 1.64 bits per heavy atom. The third-order valence-electron chi connectivity index (χ3n) is 1.92. The van der Waals surface area contributed by atoms with Gasteiger partial charge in [0.05, 0.1) is 12.9 Å². The van der Waals surface area contributed by atoms with Crippen LogP contribution < -0.4 is 11.1 Å². The Labute approximate surface area is 84.4 Å². The van der Waals surface area contributed by atoms with Crippen molar-refractivity contribution in [2.24, 2.45) is 5.73 Å². The Bertz CT molecular complexity index is 224. The first kappa shape index (κ1) is 11.2. The number of rotatable bonds is 7. The molecule has 0 aromatic carbocycles. The number of ether oxygens (including phenoxy) is 1. The molecule has 0 fully saturated rings. The van der Waals surface area contributed by atoms with Gasteiger partial charge in [-0.25, -0.2) is 0 Å². The molecule has 0 aliphatic heterocycles. The van der Waals surface area contributed by atoms with Gasteiger partial charge in [0, 0.05) is 32.7 Å². The summed E-state index contributed by atoms with van der Waals surface area (Å²) in [5, 5.41) is 3.24. The maximum Gasteiger partial charge on any atom is 0.105 e. The van der Waals surface area contributed by atoms with Gasteiger partial charge in [-0.1, -0.05) is 0 Å². The molecular formula is C10H18N2O2. The molecule has 80 valence electrons. The van der Waals surface area contributed by atoms with E-state index in [1.165, 1.54) is 0 Å². The van der Waals surface area contributed by atoms with Gasteiger partial charge in [0.25, 0.3) is 0 Å². The van der Waals surface area contributed by atoms with Crippen LogP contribution in [-0.4, -0.2) is 32.8 Å². The summed E-state index contributed by atoms with van der Waals surface area (Å²) in [7, 11) is 1.66. The normalized spacial score (nSPS) is 13.0. The Hall–Kier alpha value is -0.840. The van der Waals surface area contributed by atoms with Gasteiger partial charge in [-0.15, -0.1) is 0 Å². The lowest BCUT2D eigenvalue weighted by molar-refractivity contribution is 0.179. The third-order valence-corrected chi connectivity index (χ3v) is 1.92. The van der Waals surface area contributed by atoms with Crippen molar-refractivity contribution >= 4 is 0 Å². The zero-order valence-corrected chi connectivity index (χ0v) is 8.53. The maximum atomic E-state index is 5.73. The molecular weight excluding hydrogens is 180 g/mol. The van der Waals surface area contributed by atoms with E-state index in [1.807, 2.05) is 12.1 Å². The number of methoxy groups -OCH3 is 1.